The van der Waals surface area contributed by atoms with Gasteiger partial charge in [-0.3, -0.25) is 19.7 Å². The molecule has 1 aliphatic rings. The second-order valence-corrected chi connectivity index (χ2v) is 5.12. The number of carbonyl (C=O) groups is 2. The van der Waals surface area contributed by atoms with E-state index in [1.165, 1.54) is 17.0 Å². The summed E-state index contributed by atoms with van der Waals surface area (Å²) in [5.74, 6) is -0.244. The Bertz CT molecular complexity index is 611. The number of rotatable bonds is 5. The summed E-state index contributed by atoms with van der Waals surface area (Å²) in [7, 11) is 0. The van der Waals surface area contributed by atoms with Crippen LogP contribution in [0.15, 0.2) is 18.2 Å². The minimum absolute atomic E-state index is 0.00289. The number of nitrogens with zero attached hydrogens (tertiary/aromatic N) is 3. The largest absolute Gasteiger partial charge is 0.342 e. The van der Waals surface area contributed by atoms with E-state index in [4.69, 9.17) is 0 Å². The van der Waals surface area contributed by atoms with Crippen molar-refractivity contribution in [1.82, 2.24) is 4.90 Å². The maximum absolute atomic E-state index is 12.2. The minimum Gasteiger partial charge on any atom is -0.342 e. The third-order valence-corrected chi connectivity index (χ3v) is 3.88. The smallest absolute Gasteiger partial charge is 0.269 e. The van der Waals surface area contributed by atoms with Crippen LogP contribution in [0.1, 0.15) is 25.8 Å². The Kier molecular flexibility index (Phi) is 4.75. The third-order valence-electron chi connectivity index (χ3n) is 3.88. The van der Waals surface area contributed by atoms with Crippen LogP contribution in [-0.2, 0) is 16.0 Å². The Labute approximate surface area is 128 Å². The summed E-state index contributed by atoms with van der Waals surface area (Å²) < 4.78 is 0. The molecular formula is C15H19N3O4. The van der Waals surface area contributed by atoms with E-state index in [0.29, 0.717) is 25.2 Å². The molecule has 0 aromatic heterocycles. The maximum Gasteiger partial charge on any atom is 0.269 e. The molecule has 1 aromatic rings. The van der Waals surface area contributed by atoms with E-state index >= 15 is 0 Å². The lowest BCUT2D eigenvalue weighted by atomic mass is 10.0. The van der Waals surface area contributed by atoms with Gasteiger partial charge in [-0.2, -0.15) is 0 Å². The molecule has 1 aromatic carbocycles. The average molecular weight is 305 g/mol. The third kappa shape index (κ3) is 3.08. The number of amides is 2. The second kappa shape index (κ2) is 6.55. The van der Waals surface area contributed by atoms with E-state index in [-0.39, 0.29) is 30.5 Å². The fraction of sp³-hybridized carbons (Fsp3) is 0.467. The molecule has 0 saturated heterocycles. The lowest BCUT2D eigenvalue weighted by Crippen LogP contribution is -2.44. The van der Waals surface area contributed by atoms with Crippen molar-refractivity contribution in [2.75, 3.05) is 24.5 Å². The Morgan fingerprint density at radius 2 is 2.00 bits per heavy atom. The number of fused-ring (bicyclic) bond motifs is 1. The highest BCUT2D eigenvalue weighted by Crippen LogP contribution is 2.30. The van der Waals surface area contributed by atoms with Crippen LogP contribution in [0.25, 0.3) is 0 Å². The Morgan fingerprint density at radius 3 is 2.59 bits per heavy atom. The maximum atomic E-state index is 12.2. The molecule has 0 aliphatic carbocycles. The summed E-state index contributed by atoms with van der Waals surface area (Å²) in [5, 5.41) is 10.8. The van der Waals surface area contributed by atoms with E-state index in [9.17, 15) is 19.7 Å². The van der Waals surface area contributed by atoms with E-state index in [0.717, 1.165) is 5.56 Å². The fourth-order valence-electron chi connectivity index (χ4n) is 2.64. The summed E-state index contributed by atoms with van der Waals surface area (Å²) in [6.45, 7) is 4.92. The van der Waals surface area contributed by atoms with Gasteiger partial charge in [0.25, 0.3) is 5.69 Å². The van der Waals surface area contributed by atoms with Crippen molar-refractivity contribution < 1.29 is 14.5 Å². The highest BCUT2D eigenvalue weighted by Gasteiger charge is 2.28. The van der Waals surface area contributed by atoms with Gasteiger partial charge < -0.3 is 9.80 Å². The van der Waals surface area contributed by atoms with Gasteiger partial charge >= 0.3 is 0 Å². The molecule has 7 nitrogen and oxygen atoms in total. The van der Waals surface area contributed by atoms with Crippen molar-refractivity contribution in [3.8, 4) is 0 Å². The van der Waals surface area contributed by atoms with Gasteiger partial charge in [-0.25, -0.2) is 0 Å². The summed E-state index contributed by atoms with van der Waals surface area (Å²) in [5.41, 5.74) is 1.34. The van der Waals surface area contributed by atoms with Crippen LogP contribution in [0, 0.1) is 10.1 Å². The number of nitro benzene ring substituents is 1. The Hall–Kier alpha value is -2.44. The summed E-state index contributed by atoms with van der Waals surface area (Å²) in [4.78, 5) is 37.8. The van der Waals surface area contributed by atoms with E-state index in [1.54, 1.807) is 11.0 Å². The predicted octanol–water partition coefficient (Wildman–Crippen LogP) is 1.74. The number of hydrogen-bond donors (Lipinski definition) is 0. The molecule has 0 radical (unpaired) electrons. The van der Waals surface area contributed by atoms with Crippen LogP contribution < -0.4 is 4.90 Å². The molecule has 118 valence electrons. The van der Waals surface area contributed by atoms with Crippen molar-refractivity contribution in [3.05, 3.63) is 33.9 Å². The molecule has 0 unspecified atom stereocenters. The number of anilines is 1. The monoisotopic (exact) mass is 305 g/mol. The number of hydrogen-bond acceptors (Lipinski definition) is 4. The quantitative estimate of drug-likeness (QED) is 0.612. The van der Waals surface area contributed by atoms with Gasteiger partial charge in [0.05, 0.1) is 4.92 Å². The normalized spacial score (nSPS) is 13.7. The minimum atomic E-state index is -0.456. The number of benzene rings is 1. The van der Waals surface area contributed by atoms with Crippen molar-refractivity contribution in [3.63, 3.8) is 0 Å². The Morgan fingerprint density at radius 1 is 1.32 bits per heavy atom. The van der Waals surface area contributed by atoms with Crippen LogP contribution in [0.4, 0.5) is 11.4 Å². The second-order valence-electron chi connectivity index (χ2n) is 5.12. The molecule has 2 amide bonds. The van der Waals surface area contributed by atoms with Gasteiger partial charge in [0.2, 0.25) is 11.8 Å². The van der Waals surface area contributed by atoms with Gasteiger partial charge in [0.15, 0.2) is 0 Å². The SMILES string of the molecule is CCN(CC)C(=O)CN1C(=O)CCc2cc([N+](=O)[O-])ccc21. The van der Waals surface area contributed by atoms with Crippen molar-refractivity contribution in [2.24, 2.45) is 0 Å². The van der Waals surface area contributed by atoms with Crippen molar-refractivity contribution in [1.29, 1.82) is 0 Å². The first-order valence-electron chi connectivity index (χ1n) is 7.33. The molecule has 7 heteroatoms. The van der Waals surface area contributed by atoms with E-state index in [1.807, 2.05) is 13.8 Å². The number of likely N-dealkylation sites (N-methyl/N-ethyl adjacent to an activating group) is 1. The number of carbonyl (C=O) groups excluding carboxylic acids is 2. The molecule has 0 bridgehead atoms. The van der Waals surface area contributed by atoms with Gasteiger partial charge in [0.1, 0.15) is 6.54 Å². The number of non-ortho nitro benzene ring substituents is 1. The summed E-state index contributed by atoms with van der Waals surface area (Å²) >= 11 is 0. The molecular weight excluding hydrogens is 286 g/mol. The Balaban J connectivity index is 2.28. The van der Waals surface area contributed by atoms with Gasteiger partial charge in [-0.1, -0.05) is 0 Å². The van der Waals surface area contributed by atoms with Crippen LogP contribution in [0.2, 0.25) is 0 Å². The fourth-order valence-corrected chi connectivity index (χ4v) is 2.64. The zero-order chi connectivity index (χ0) is 16.3. The van der Waals surface area contributed by atoms with Crippen LogP contribution in [0.5, 0.6) is 0 Å². The molecule has 0 atom stereocenters. The molecule has 0 fully saturated rings. The zero-order valence-corrected chi connectivity index (χ0v) is 12.7. The van der Waals surface area contributed by atoms with E-state index < -0.39 is 4.92 Å². The molecule has 2 rings (SSSR count). The molecule has 0 N–H and O–H groups in total. The van der Waals surface area contributed by atoms with Crippen LogP contribution in [0.3, 0.4) is 0 Å². The first-order valence-corrected chi connectivity index (χ1v) is 7.33. The first-order chi connectivity index (χ1) is 10.5. The molecule has 1 aliphatic heterocycles. The van der Waals surface area contributed by atoms with E-state index in [2.05, 4.69) is 0 Å². The van der Waals surface area contributed by atoms with Crippen molar-refractivity contribution >= 4 is 23.2 Å². The summed E-state index contributed by atoms with van der Waals surface area (Å²) in [6, 6.07) is 4.41. The highest BCUT2D eigenvalue weighted by atomic mass is 16.6. The summed E-state index contributed by atoms with van der Waals surface area (Å²) in [6.07, 6.45) is 0.728. The molecule has 0 spiro atoms. The molecule has 22 heavy (non-hydrogen) atoms. The van der Waals surface area contributed by atoms with Gasteiger partial charge in [-0.15, -0.1) is 0 Å². The standard InChI is InChI=1S/C15H19N3O4/c1-3-16(4-2)15(20)10-17-13-7-6-12(18(21)22)9-11(13)5-8-14(17)19/h6-7,9H,3-5,8,10H2,1-2H3. The van der Waals surface area contributed by atoms with Crippen molar-refractivity contribution in [2.45, 2.75) is 26.7 Å². The highest BCUT2D eigenvalue weighted by molar-refractivity contribution is 6.01. The predicted molar refractivity (Wildman–Crippen MR) is 81.7 cm³/mol. The number of aryl methyl sites for hydroxylation is 1. The van der Waals surface area contributed by atoms with Crippen LogP contribution in [-0.4, -0.2) is 41.3 Å². The topological polar surface area (TPSA) is 83.8 Å². The lowest BCUT2D eigenvalue weighted by Gasteiger charge is -2.30. The molecule has 0 saturated carbocycles. The lowest BCUT2D eigenvalue weighted by molar-refractivity contribution is -0.384. The van der Waals surface area contributed by atoms with Gasteiger partial charge in [-0.05, 0) is 31.9 Å². The van der Waals surface area contributed by atoms with Gasteiger partial charge in [0, 0.05) is 37.3 Å². The number of nitro groups is 1. The molecule has 1 heterocycles. The average Bonchev–Trinajstić information content (AvgIpc) is 2.50. The first kappa shape index (κ1) is 15.9. The van der Waals surface area contributed by atoms with Crippen LogP contribution >= 0.6 is 0 Å². The zero-order valence-electron chi connectivity index (χ0n) is 12.7.